The molecule has 2 aromatic heterocycles. The second-order valence-corrected chi connectivity index (χ2v) is 8.75. The second-order valence-electron chi connectivity index (χ2n) is 5.82. The van der Waals surface area contributed by atoms with Gasteiger partial charge >= 0.3 is 0 Å². The van der Waals surface area contributed by atoms with E-state index < -0.39 is 10.0 Å². The Kier molecular flexibility index (Phi) is 4.65. The van der Waals surface area contributed by atoms with Crippen LogP contribution in [0.4, 0.5) is 0 Å². The number of hydrogen-bond acceptors (Lipinski definition) is 5. The van der Waals surface area contributed by atoms with Crippen molar-refractivity contribution in [1.82, 2.24) is 14.1 Å². The highest BCUT2D eigenvalue weighted by molar-refractivity contribution is 7.88. The first-order valence-electron chi connectivity index (χ1n) is 7.50. The molecule has 3 heterocycles. The van der Waals surface area contributed by atoms with E-state index in [-0.39, 0.29) is 11.5 Å². The number of aromatic nitrogens is 2. The van der Waals surface area contributed by atoms with Crippen molar-refractivity contribution in [1.29, 1.82) is 0 Å². The van der Waals surface area contributed by atoms with E-state index in [9.17, 15) is 13.2 Å². The Morgan fingerprint density at radius 2 is 2.00 bits per heavy atom. The van der Waals surface area contributed by atoms with E-state index in [1.165, 1.54) is 15.2 Å². The van der Waals surface area contributed by atoms with Crippen LogP contribution in [0.25, 0.3) is 10.6 Å². The van der Waals surface area contributed by atoms with E-state index in [1.54, 1.807) is 23.5 Å². The minimum absolute atomic E-state index is 0.115. The molecule has 0 N–H and O–H groups in total. The average molecular weight is 353 g/mol. The number of nitrogens with zero attached hydrogens (tertiary/aromatic N) is 3. The Balaban J connectivity index is 1.72. The van der Waals surface area contributed by atoms with Crippen molar-refractivity contribution in [3.8, 4) is 10.6 Å². The molecule has 124 valence electrons. The lowest BCUT2D eigenvalue weighted by molar-refractivity contribution is 0.245. The number of sulfonamides is 1. The van der Waals surface area contributed by atoms with Crippen LogP contribution in [0.5, 0.6) is 0 Å². The molecule has 3 rings (SSSR count). The smallest absolute Gasteiger partial charge is 0.266 e. The van der Waals surface area contributed by atoms with Crippen molar-refractivity contribution in [2.45, 2.75) is 19.4 Å². The van der Waals surface area contributed by atoms with Crippen molar-refractivity contribution in [3.05, 3.63) is 40.0 Å². The zero-order chi connectivity index (χ0) is 16.4. The van der Waals surface area contributed by atoms with Gasteiger partial charge in [0.2, 0.25) is 10.0 Å². The van der Waals surface area contributed by atoms with E-state index in [1.807, 2.05) is 17.5 Å². The maximum atomic E-state index is 12.0. The molecule has 1 fully saturated rings. The van der Waals surface area contributed by atoms with Crippen molar-refractivity contribution >= 4 is 21.4 Å². The predicted molar refractivity (Wildman–Crippen MR) is 91.0 cm³/mol. The van der Waals surface area contributed by atoms with Crippen LogP contribution in [0.2, 0.25) is 0 Å². The van der Waals surface area contributed by atoms with Crippen LogP contribution >= 0.6 is 11.3 Å². The summed E-state index contributed by atoms with van der Waals surface area (Å²) in [5.41, 5.74) is 0.684. The average Bonchev–Trinajstić information content (AvgIpc) is 3.03. The standard InChI is InChI=1S/C15H19N3O3S2/c1-23(20,21)17-8-6-12(7-9-17)11-18-15(19)5-4-13(16-18)14-3-2-10-22-14/h2-5,10,12H,6-9,11H2,1H3. The highest BCUT2D eigenvalue weighted by atomic mass is 32.2. The van der Waals surface area contributed by atoms with Crippen molar-refractivity contribution in [2.75, 3.05) is 19.3 Å². The predicted octanol–water partition coefficient (Wildman–Crippen LogP) is 1.64. The fraction of sp³-hybridized carbons (Fsp3) is 0.467. The molecule has 0 unspecified atom stereocenters. The second kappa shape index (κ2) is 6.54. The highest BCUT2D eigenvalue weighted by Gasteiger charge is 2.25. The van der Waals surface area contributed by atoms with Crippen LogP contribution in [-0.4, -0.2) is 41.8 Å². The molecule has 0 bridgehead atoms. The zero-order valence-corrected chi connectivity index (χ0v) is 14.5. The van der Waals surface area contributed by atoms with E-state index in [0.717, 1.165) is 23.4 Å². The molecule has 0 radical (unpaired) electrons. The topological polar surface area (TPSA) is 72.3 Å². The van der Waals surface area contributed by atoms with Crippen molar-refractivity contribution in [2.24, 2.45) is 5.92 Å². The molecule has 6 nitrogen and oxygen atoms in total. The van der Waals surface area contributed by atoms with Crippen LogP contribution in [0.15, 0.2) is 34.4 Å². The van der Waals surface area contributed by atoms with Crippen LogP contribution in [0.1, 0.15) is 12.8 Å². The van der Waals surface area contributed by atoms with Gasteiger partial charge in [0.25, 0.3) is 5.56 Å². The monoisotopic (exact) mass is 353 g/mol. The summed E-state index contributed by atoms with van der Waals surface area (Å²) in [6.07, 6.45) is 2.75. The summed E-state index contributed by atoms with van der Waals surface area (Å²) in [7, 11) is -3.12. The SMILES string of the molecule is CS(=O)(=O)N1CCC(Cn2nc(-c3cccs3)ccc2=O)CC1. The van der Waals surface area contributed by atoms with Gasteiger partial charge in [0.05, 0.1) is 11.1 Å². The van der Waals surface area contributed by atoms with E-state index in [4.69, 9.17) is 0 Å². The van der Waals surface area contributed by atoms with Gasteiger partial charge in [-0.15, -0.1) is 11.3 Å². The first-order chi connectivity index (χ1) is 10.9. The molecule has 8 heteroatoms. The lowest BCUT2D eigenvalue weighted by Crippen LogP contribution is -2.39. The quantitative estimate of drug-likeness (QED) is 0.838. The molecule has 0 aliphatic carbocycles. The summed E-state index contributed by atoms with van der Waals surface area (Å²) in [6.45, 7) is 1.57. The van der Waals surface area contributed by atoms with Crippen molar-refractivity contribution in [3.63, 3.8) is 0 Å². The van der Waals surface area contributed by atoms with Gasteiger partial charge in [-0.1, -0.05) is 6.07 Å². The molecular formula is C15H19N3O3S2. The summed E-state index contributed by atoms with van der Waals surface area (Å²) in [4.78, 5) is 13.1. The van der Waals surface area contributed by atoms with Gasteiger partial charge in [-0.3, -0.25) is 4.79 Å². The summed E-state index contributed by atoms with van der Waals surface area (Å²) < 4.78 is 26.1. The summed E-state index contributed by atoms with van der Waals surface area (Å²) in [5, 5.41) is 6.44. The van der Waals surface area contributed by atoms with E-state index in [0.29, 0.717) is 19.6 Å². The third-order valence-electron chi connectivity index (χ3n) is 4.11. The maximum Gasteiger partial charge on any atom is 0.266 e. The normalized spacial score (nSPS) is 17.4. The Labute approximate surface area is 139 Å². The molecular weight excluding hydrogens is 334 g/mol. The molecule has 1 aliphatic heterocycles. The van der Waals surface area contributed by atoms with Crippen molar-refractivity contribution < 1.29 is 8.42 Å². The molecule has 2 aromatic rings. The first kappa shape index (κ1) is 16.4. The van der Waals surface area contributed by atoms with Gasteiger partial charge in [-0.2, -0.15) is 5.10 Å². The van der Waals surface area contributed by atoms with Gasteiger partial charge in [0.15, 0.2) is 0 Å². The maximum absolute atomic E-state index is 12.0. The van der Waals surface area contributed by atoms with Gasteiger partial charge in [0, 0.05) is 25.7 Å². The molecule has 1 aliphatic rings. The fourth-order valence-corrected chi connectivity index (χ4v) is 4.37. The molecule has 0 amide bonds. The number of hydrogen-bond donors (Lipinski definition) is 0. The van der Waals surface area contributed by atoms with Crippen LogP contribution in [0, 0.1) is 5.92 Å². The minimum atomic E-state index is -3.12. The molecule has 0 saturated carbocycles. The molecule has 1 saturated heterocycles. The summed E-state index contributed by atoms with van der Waals surface area (Å²) >= 11 is 1.59. The number of rotatable bonds is 4. The zero-order valence-electron chi connectivity index (χ0n) is 12.9. The van der Waals surface area contributed by atoms with Gasteiger partial charge in [0.1, 0.15) is 5.69 Å². The van der Waals surface area contributed by atoms with Gasteiger partial charge in [-0.05, 0) is 36.3 Å². The molecule has 0 spiro atoms. The van der Waals surface area contributed by atoms with E-state index >= 15 is 0 Å². The van der Waals surface area contributed by atoms with Crippen LogP contribution in [-0.2, 0) is 16.6 Å². The lowest BCUT2D eigenvalue weighted by Gasteiger charge is -2.30. The molecule has 0 atom stereocenters. The Bertz CT molecular complexity index is 820. The molecule has 0 aromatic carbocycles. The fourth-order valence-electron chi connectivity index (χ4n) is 2.80. The third-order valence-corrected chi connectivity index (χ3v) is 6.31. The van der Waals surface area contributed by atoms with Crippen LogP contribution < -0.4 is 5.56 Å². The number of thiophene rings is 1. The first-order valence-corrected chi connectivity index (χ1v) is 10.2. The Morgan fingerprint density at radius 1 is 1.26 bits per heavy atom. The Hall–Kier alpha value is -1.51. The minimum Gasteiger partial charge on any atom is -0.268 e. The largest absolute Gasteiger partial charge is 0.268 e. The van der Waals surface area contributed by atoms with Crippen LogP contribution in [0.3, 0.4) is 0 Å². The Morgan fingerprint density at radius 3 is 2.61 bits per heavy atom. The third kappa shape index (κ3) is 3.88. The number of piperidine rings is 1. The summed E-state index contributed by atoms with van der Waals surface area (Å²) in [5.74, 6) is 0.275. The van der Waals surface area contributed by atoms with E-state index in [2.05, 4.69) is 5.10 Å². The van der Waals surface area contributed by atoms with Gasteiger partial charge in [-0.25, -0.2) is 17.4 Å². The summed E-state index contributed by atoms with van der Waals surface area (Å²) in [6, 6.07) is 7.23. The molecule has 23 heavy (non-hydrogen) atoms. The highest BCUT2D eigenvalue weighted by Crippen LogP contribution is 2.23. The lowest BCUT2D eigenvalue weighted by atomic mass is 9.98. The van der Waals surface area contributed by atoms with Gasteiger partial charge < -0.3 is 0 Å².